The van der Waals surface area contributed by atoms with E-state index in [0.29, 0.717) is 0 Å². The molecule has 0 fully saturated rings. The fourth-order valence-corrected chi connectivity index (χ4v) is 2.27. The van der Waals surface area contributed by atoms with Crippen LogP contribution < -0.4 is 10.1 Å². The first-order valence-electron chi connectivity index (χ1n) is 6.24. The van der Waals surface area contributed by atoms with Crippen LogP contribution in [-0.4, -0.2) is 6.54 Å². The van der Waals surface area contributed by atoms with Crippen molar-refractivity contribution in [3.63, 3.8) is 0 Å². The van der Waals surface area contributed by atoms with E-state index in [1.165, 1.54) is 11.1 Å². The Balaban J connectivity index is 1.92. The molecule has 1 aliphatic heterocycles. The minimum absolute atomic E-state index is 0.858. The van der Waals surface area contributed by atoms with E-state index in [1.807, 2.05) is 30.3 Å². The Morgan fingerprint density at radius 1 is 1.06 bits per heavy atom. The van der Waals surface area contributed by atoms with Gasteiger partial charge in [0.15, 0.2) is 0 Å². The first-order chi connectivity index (χ1) is 8.83. The Bertz CT molecular complexity index is 549. The van der Waals surface area contributed by atoms with Gasteiger partial charge in [0.1, 0.15) is 11.5 Å². The molecule has 0 aromatic heterocycles. The van der Waals surface area contributed by atoms with Crippen LogP contribution in [0.4, 0.5) is 0 Å². The summed E-state index contributed by atoms with van der Waals surface area (Å²) in [6.07, 6.45) is 1.06. The van der Waals surface area contributed by atoms with Gasteiger partial charge < -0.3 is 10.1 Å². The summed E-state index contributed by atoms with van der Waals surface area (Å²) in [5.74, 6) is 1.72. The highest BCUT2D eigenvalue weighted by atomic mass is 16.5. The molecule has 91 valence electrons. The number of fused-ring (bicyclic) bond motifs is 1. The van der Waals surface area contributed by atoms with Crippen molar-refractivity contribution < 1.29 is 4.74 Å². The van der Waals surface area contributed by atoms with Gasteiger partial charge >= 0.3 is 0 Å². The topological polar surface area (TPSA) is 21.3 Å². The third-order valence-electron chi connectivity index (χ3n) is 3.24. The maximum absolute atomic E-state index is 5.89. The molecule has 1 radical (unpaired) electrons. The fourth-order valence-electron chi connectivity index (χ4n) is 2.27. The fraction of sp³-hybridized carbons (Fsp3) is 0.188. The molecule has 0 aliphatic carbocycles. The zero-order chi connectivity index (χ0) is 12.4. The lowest BCUT2D eigenvalue weighted by Crippen LogP contribution is -2.23. The van der Waals surface area contributed by atoms with Gasteiger partial charge in [0.05, 0.1) is 0 Å². The van der Waals surface area contributed by atoms with Gasteiger partial charge in [-0.1, -0.05) is 24.3 Å². The highest BCUT2D eigenvalue weighted by Gasteiger charge is 2.12. The molecule has 0 amide bonds. The molecular weight excluding hydrogens is 222 g/mol. The SMILES string of the molecule is [CH2]c1cc2c(cc1Oc1ccccc1)CCNC2. The number of hydrogen-bond donors (Lipinski definition) is 1. The number of ether oxygens (including phenoxy) is 1. The van der Waals surface area contributed by atoms with E-state index < -0.39 is 0 Å². The van der Waals surface area contributed by atoms with E-state index >= 15 is 0 Å². The van der Waals surface area contributed by atoms with E-state index in [1.54, 1.807) is 0 Å². The minimum Gasteiger partial charge on any atom is -0.457 e. The van der Waals surface area contributed by atoms with Crippen LogP contribution in [0.15, 0.2) is 42.5 Å². The summed E-state index contributed by atoms with van der Waals surface area (Å²) in [5.41, 5.74) is 3.65. The minimum atomic E-state index is 0.858. The second-order valence-electron chi connectivity index (χ2n) is 4.57. The van der Waals surface area contributed by atoms with Crippen molar-refractivity contribution in [2.75, 3.05) is 6.54 Å². The van der Waals surface area contributed by atoms with Crippen LogP contribution in [0, 0.1) is 6.92 Å². The highest BCUT2D eigenvalue weighted by molar-refractivity contribution is 5.47. The van der Waals surface area contributed by atoms with E-state index in [-0.39, 0.29) is 0 Å². The van der Waals surface area contributed by atoms with Crippen molar-refractivity contribution in [3.8, 4) is 11.5 Å². The average Bonchev–Trinajstić information content (AvgIpc) is 2.41. The number of para-hydroxylation sites is 1. The summed E-state index contributed by atoms with van der Waals surface area (Å²) in [6.45, 7) is 6.04. The second-order valence-corrected chi connectivity index (χ2v) is 4.57. The number of rotatable bonds is 2. The third kappa shape index (κ3) is 2.24. The lowest BCUT2D eigenvalue weighted by molar-refractivity contribution is 0.478. The van der Waals surface area contributed by atoms with Crippen molar-refractivity contribution in [1.82, 2.24) is 5.32 Å². The summed E-state index contributed by atoms with van der Waals surface area (Å²) in [7, 11) is 0. The summed E-state index contributed by atoms with van der Waals surface area (Å²) >= 11 is 0. The van der Waals surface area contributed by atoms with Gasteiger partial charge in [-0.05, 0) is 54.8 Å². The molecule has 0 bridgehead atoms. The summed E-state index contributed by atoms with van der Waals surface area (Å²) in [6, 6.07) is 14.1. The molecular formula is C16H16NO. The van der Waals surface area contributed by atoms with Crippen molar-refractivity contribution in [1.29, 1.82) is 0 Å². The van der Waals surface area contributed by atoms with Crippen LogP contribution in [0.1, 0.15) is 16.7 Å². The van der Waals surface area contributed by atoms with Gasteiger partial charge in [-0.3, -0.25) is 0 Å². The Kier molecular flexibility index (Phi) is 3.03. The zero-order valence-corrected chi connectivity index (χ0v) is 10.3. The molecule has 3 rings (SSSR count). The molecule has 0 spiro atoms. The summed E-state index contributed by atoms with van der Waals surface area (Å²) in [5, 5.41) is 3.37. The van der Waals surface area contributed by atoms with Gasteiger partial charge in [0.2, 0.25) is 0 Å². The maximum Gasteiger partial charge on any atom is 0.130 e. The predicted octanol–water partition coefficient (Wildman–Crippen LogP) is 3.31. The number of benzene rings is 2. The van der Waals surface area contributed by atoms with Crippen molar-refractivity contribution in [2.45, 2.75) is 13.0 Å². The standard InChI is InChI=1S/C16H16NO/c1-12-9-14-11-17-8-7-13(14)10-16(12)18-15-5-3-2-4-6-15/h2-6,9-10,17H,1,7-8,11H2. The van der Waals surface area contributed by atoms with Crippen LogP contribution in [0.3, 0.4) is 0 Å². The van der Waals surface area contributed by atoms with Crippen molar-refractivity contribution in [2.24, 2.45) is 0 Å². The summed E-state index contributed by atoms with van der Waals surface area (Å²) in [4.78, 5) is 0. The van der Waals surface area contributed by atoms with Gasteiger partial charge in [0.25, 0.3) is 0 Å². The number of nitrogens with one attached hydrogen (secondary N) is 1. The Labute approximate surface area is 108 Å². The van der Waals surface area contributed by atoms with Crippen LogP contribution in [0.25, 0.3) is 0 Å². The zero-order valence-electron chi connectivity index (χ0n) is 10.3. The molecule has 18 heavy (non-hydrogen) atoms. The largest absolute Gasteiger partial charge is 0.457 e. The van der Waals surface area contributed by atoms with Gasteiger partial charge in [0, 0.05) is 6.54 Å². The average molecular weight is 238 g/mol. The van der Waals surface area contributed by atoms with Gasteiger partial charge in [-0.25, -0.2) is 0 Å². The van der Waals surface area contributed by atoms with Crippen LogP contribution >= 0.6 is 0 Å². The molecule has 0 unspecified atom stereocenters. The second kappa shape index (κ2) is 4.83. The van der Waals surface area contributed by atoms with E-state index in [0.717, 1.165) is 36.6 Å². The van der Waals surface area contributed by atoms with E-state index in [9.17, 15) is 0 Å². The van der Waals surface area contributed by atoms with Gasteiger partial charge in [-0.2, -0.15) is 0 Å². The molecule has 1 heterocycles. The highest BCUT2D eigenvalue weighted by Crippen LogP contribution is 2.29. The molecule has 2 nitrogen and oxygen atoms in total. The molecule has 2 aromatic rings. The molecule has 1 N–H and O–H groups in total. The lowest BCUT2D eigenvalue weighted by Gasteiger charge is -2.19. The lowest BCUT2D eigenvalue weighted by atomic mass is 9.98. The van der Waals surface area contributed by atoms with Gasteiger partial charge in [-0.15, -0.1) is 0 Å². The summed E-state index contributed by atoms with van der Waals surface area (Å²) < 4.78 is 5.89. The molecule has 0 saturated carbocycles. The van der Waals surface area contributed by atoms with Crippen LogP contribution in [-0.2, 0) is 13.0 Å². The van der Waals surface area contributed by atoms with E-state index in [4.69, 9.17) is 4.74 Å². The molecule has 0 saturated heterocycles. The Hall–Kier alpha value is -1.80. The third-order valence-corrected chi connectivity index (χ3v) is 3.24. The first-order valence-corrected chi connectivity index (χ1v) is 6.24. The predicted molar refractivity (Wildman–Crippen MR) is 72.8 cm³/mol. The van der Waals surface area contributed by atoms with Crippen molar-refractivity contribution in [3.05, 3.63) is 66.1 Å². The molecule has 2 aromatic carbocycles. The quantitative estimate of drug-likeness (QED) is 0.866. The number of hydrogen-bond acceptors (Lipinski definition) is 2. The maximum atomic E-state index is 5.89. The molecule has 1 aliphatic rings. The smallest absolute Gasteiger partial charge is 0.130 e. The normalized spacial score (nSPS) is 14.1. The monoisotopic (exact) mass is 238 g/mol. The van der Waals surface area contributed by atoms with Crippen LogP contribution in [0.5, 0.6) is 11.5 Å². The first kappa shape index (κ1) is 11.3. The van der Waals surface area contributed by atoms with E-state index in [2.05, 4.69) is 24.4 Å². The van der Waals surface area contributed by atoms with Crippen molar-refractivity contribution >= 4 is 0 Å². The Morgan fingerprint density at radius 2 is 1.89 bits per heavy atom. The molecule has 2 heteroatoms. The molecule has 0 atom stereocenters. The Morgan fingerprint density at radius 3 is 2.72 bits per heavy atom. The van der Waals surface area contributed by atoms with Crippen LogP contribution in [0.2, 0.25) is 0 Å².